The predicted molar refractivity (Wildman–Crippen MR) is 97.9 cm³/mol. The van der Waals surface area contributed by atoms with E-state index in [1.807, 2.05) is 12.1 Å². The van der Waals surface area contributed by atoms with E-state index in [1.54, 1.807) is 13.3 Å². The van der Waals surface area contributed by atoms with E-state index < -0.39 is 0 Å². The summed E-state index contributed by atoms with van der Waals surface area (Å²) in [6, 6.07) is 3.92. The second-order valence-corrected chi connectivity index (χ2v) is 7.84. The summed E-state index contributed by atoms with van der Waals surface area (Å²) in [5, 5.41) is 4.19. The highest BCUT2D eigenvalue weighted by molar-refractivity contribution is 5.60. The molecule has 0 aromatic carbocycles. The van der Waals surface area contributed by atoms with Crippen molar-refractivity contribution < 1.29 is 14.0 Å². The predicted octanol–water partition coefficient (Wildman–Crippen LogP) is 3.34. The number of methoxy groups -OCH3 is 1. The van der Waals surface area contributed by atoms with Gasteiger partial charge in [0.05, 0.1) is 18.2 Å². The van der Waals surface area contributed by atoms with Crippen LogP contribution in [0.5, 0.6) is 5.88 Å². The van der Waals surface area contributed by atoms with Crippen LogP contribution in [-0.2, 0) is 4.74 Å². The summed E-state index contributed by atoms with van der Waals surface area (Å²) in [5.41, 5.74) is 0.968. The van der Waals surface area contributed by atoms with Gasteiger partial charge in [0.25, 0.3) is 0 Å². The van der Waals surface area contributed by atoms with Crippen molar-refractivity contribution in [3.63, 3.8) is 0 Å². The molecule has 2 aromatic rings. The van der Waals surface area contributed by atoms with Crippen LogP contribution in [0.4, 0.5) is 0 Å². The molecule has 7 nitrogen and oxygen atoms in total. The fraction of sp³-hybridized carbons (Fsp3) is 0.632. The molecular formula is C19H28N4O3. The first-order valence-electron chi connectivity index (χ1n) is 9.13. The van der Waals surface area contributed by atoms with Gasteiger partial charge in [-0.05, 0) is 36.9 Å². The molecule has 3 heterocycles. The molecule has 0 unspecified atom stereocenters. The van der Waals surface area contributed by atoms with E-state index in [-0.39, 0.29) is 11.5 Å². The molecule has 1 saturated heterocycles. The fourth-order valence-corrected chi connectivity index (χ4v) is 3.28. The molecule has 2 aromatic heterocycles. The standard InChI is InChI=1S/C19H28N4O3/c1-19(2,3)13-23-10-6-8-15(23)18-21-16(22-26-18)14-7-5-9-20-17(14)25-12-11-24-4/h5,7,9,15H,6,8,10-13H2,1-4H3/t15-/m0/s1. The fourth-order valence-electron chi connectivity index (χ4n) is 3.28. The Morgan fingerprint density at radius 3 is 2.92 bits per heavy atom. The number of ether oxygens (including phenoxy) is 2. The molecule has 3 rings (SSSR count). The first-order valence-corrected chi connectivity index (χ1v) is 9.13. The largest absolute Gasteiger partial charge is 0.475 e. The molecular weight excluding hydrogens is 332 g/mol. The van der Waals surface area contributed by atoms with Crippen molar-refractivity contribution in [3.05, 3.63) is 24.2 Å². The van der Waals surface area contributed by atoms with E-state index in [0.717, 1.165) is 31.5 Å². The second kappa shape index (κ2) is 8.14. The van der Waals surface area contributed by atoms with E-state index in [1.165, 1.54) is 0 Å². The van der Waals surface area contributed by atoms with Crippen molar-refractivity contribution in [1.29, 1.82) is 0 Å². The molecule has 7 heteroatoms. The molecule has 1 atom stereocenters. The summed E-state index contributed by atoms with van der Waals surface area (Å²) in [5.74, 6) is 1.69. The number of rotatable bonds is 7. The minimum atomic E-state index is 0.185. The highest BCUT2D eigenvalue weighted by Gasteiger charge is 2.33. The van der Waals surface area contributed by atoms with Crippen molar-refractivity contribution in [2.75, 3.05) is 33.4 Å². The molecule has 0 bridgehead atoms. The highest BCUT2D eigenvalue weighted by Crippen LogP contribution is 2.35. The van der Waals surface area contributed by atoms with Crippen molar-refractivity contribution in [1.82, 2.24) is 20.0 Å². The summed E-state index contributed by atoms with van der Waals surface area (Å²) in [6.07, 6.45) is 3.88. The van der Waals surface area contributed by atoms with Gasteiger partial charge in [-0.2, -0.15) is 4.98 Å². The van der Waals surface area contributed by atoms with Crippen molar-refractivity contribution >= 4 is 0 Å². The summed E-state index contributed by atoms with van der Waals surface area (Å²) >= 11 is 0. The smallest absolute Gasteiger partial charge is 0.244 e. The van der Waals surface area contributed by atoms with Gasteiger partial charge >= 0.3 is 0 Å². The maximum Gasteiger partial charge on any atom is 0.244 e. The van der Waals surface area contributed by atoms with Gasteiger partial charge in [0, 0.05) is 19.9 Å². The topological polar surface area (TPSA) is 73.5 Å². The lowest BCUT2D eigenvalue weighted by molar-refractivity contribution is 0.144. The van der Waals surface area contributed by atoms with Crippen molar-refractivity contribution in [2.24, 2.45) is 5.41 Å². The van der Waals surface area contributed by atoms with E-state index >= 15 is 0 Å². The Balaban J connectivity index is 1.78. The molecule has 0 aliphatic carbocycles. The lowest BCUT2D eigenvalue weighted by Crippen LogP contribution is -2.32. The van der Waals surface area contributed by atoms with Gasteiger partial charge in [-0.15, -0.1) is 0 Å². The maximum absolute atomic E-state index is 5.69. The van der Waals surface area contributed by atoms with Gasteiger partial charge in [0.1, 0.15) is 6.61 Å². The molecule has 142 valence electrons. The third kappa shape index (κ3) is 4.59. The minimum Gasteiger partial charge on any atom is -0.475 e. The van der Waals surface area contributed by atoms with E-state index in [0.29, 0.717) is 30.8 Å². The van der Waals surface area contributed by atoms with Crippen molar-refractivity contribution in [3.8, 4) is 17.3 Å². The minimum absolute atomic E-state index is 0.185. The Kier molecular flexibility index (Phi) is 5.88. The summed E-state index contributed by atoms with van der Waals surface area (Å²) in [6.45, 7) is 9.75. The highest BCUT2D eigenvalue weighted by atomic mass is 16.5. The van der Waals surface area contributed by atoms with Crippen LogP contribution < -0.4 is 4.74 Å². The van der Waals surface area contributed by atoms with Gasteiger partial charge in [0.15, 0.2) is 0 Å². The SMILES string of the molecule is COCCOc1ncccc1-c1noc([C@@H]2CCCN2CC(C)(C)C)n1. The van der Waals surface area contributed by atoms with Crippen LogP contribution in [-0.4, -0.2) is 53.4 Å². The Morgan fingerprint density at radius 1 is 1.31 bits per heavy atom. The number of hydrogen-bond acceptors (Lipinski definition) is 7. The van der Waals surface area contributed by atoms with Gasteiger partial charge in [-0.1, -0.05) is 25.9 Å². The number of nitrogens with zero attached hydrogens (tertiary/aromatic N) is 4. The Morgan fingerprint density at radius 2 is 2.15 bits per heavy atom. The quantitative estimate of drug-likeness (QED) is 0.701. The number of hydrogen-bond donors (Lipinski definition) is 0. The normalized spacial score (nSPS) is 18.4. The molecule has 0 saturated carbocycles. The van der Waals surface area contributed by atoms with Crippen LogP contribution in [0.2, 0.25) is 0 Å². The third-order valence-corrected chi connectivity index (χ3v) is 4.31. The molecule has 1 aliphatic heterocycles. The average Bonchev–Trinajstić information content (AvgIpc) is 3.23. The lowest BCUT2D eigenvalue weighted by Gasteiger charge is -2.29. The van der Waals surface area contributed by atoms with Crippen molar-refractivity contribution in [2.45, 2.75) is 39.7 Å². The molecule has 0 amide bonds. The maximum atomic E-state index is 5.69. The van der Waals surface area contributed by atoms with Gasteiger partial charge in [-0.25, -0.2) is 4.98 Å². The number of pyridine rings is 1. The van der Waals surface area contributed by atoms with Crippen LogP contribution in [0.3, 0.4) is 0 Å². The second-order valence-electron chi connectivity index (χ2n) is 7.84. The van der Waals surface area contributed by atoms with Crippen LogP contribution in [0.15, 0.2) is 22.9 Å². The molecule has 1 fully saturated rings. The van der Waals surface area contributed by atoms with Gasteiger partial charge < -0.3 is 14.0 Å². The van der Waals surface area contributed by atoms with E-state index in [2.05, 4.69) is 40.8 Å². The van der Waals surface area contributed by atoms with E-state index in [4.69, 9.17) is 14.0 Å². The molecule has 1 aliphatic rings. The molecule has 0 spiro atoms. The third-order valence-electron chi connectivity index (χ3n) is 4.31. The molecule has 26 heavy (non-hydrogen) atoms. The monoisotopic (exact) mass is 360 g/mol. The van der Waals surface area contributed by atoms with Gasteiger partial charge in [-0.3, -0.25) is 4.90 Å². The lowest BCUT2D eigenvalue weighted by atomic mass is 9.96. The Hall–Kier alpha value is -1.99. The Bertz CT molecular complexity index is 711. The zero-order chi connectivity index (χ0) is 18.6. The number of aromatic nitrogens is 3. The van der Waals surface area contributed by atoms with Crippen LogP contribution >= 0.6 is 0 Å². The van der Waals surface area contributed by atoms with Crippen LogP contribution in [0, 0.1) is 5.41 Å². The van der Waals surface area contributed by atoms with Crippen LogP contribution in [0.1, 0.15) is 45.5 Å². The van der Waals surface area contributed by atoms with Crippen LogP contribution in [0.25, 0.3) is 11.4 Å². The first kappa shape index (κ1) is 18.8. The Labute approximate surface area is 154 Å². The summed E-state index contributed by atoms with van der Waals surface area (Å²) in [4.78, 5) is 11.4. The summed E-state index contributed by atoms with van der Waals surface area (Å²) in [7, 11) is 1.64. The van der Waals surface area contributed by atoms with Gasteiger partial charge in [0.2, 0.25) is 17.6 Å². The number of likely N-dealkylation sites (tertiary alicyclic amines) is 1. The average molecular weight is 360 g/mol. The molecule has 0 N–H and O–H groups in total. The summed E-state index contributed by atoms with van der Waals surface area (Å²) < 4.78 is 16.3. The molecule has 0 radical (unpaired) electrons. The van der Waals surface area contributed by atoms with E-state index in [9.17, 15) is 0 Å². The zero-order valence-electron chi connectivity index (χ0n) is 16.1. The first-order chi connectivity index (χ1) is 12.5. The zero-order valence-corrected chi connectivity index (χ0v) is 16.1.